The first kappa shape index (κ1) is 22.9. The lowest BCUT2D eigenvalue weighted by Crippen LogP contribution is -2.21. The topological polar surface area (TPSA) is 137 Å². The second-order valence-electron chi connectivity index (χ2n) is 6.78. The van der Waals surface area contributed by atoms with Crippen LogP contribution in [0.2, 0.25) is 0 Å². The molecule has 3 rings (SSSR count). The van der Waals surface area contributed by atoms with Gasteiger partial charge in [-0.3, -0.25) is 14.9 Å². The molecule has 166 valence electrons. The first-order valence-electron chi connectivity index (χ1n) is 9.48. The minimum absolute atomic E-state index is 0.116. The molecule has 0 saturated heterocycles. The number of carbonyl (C=O) groups excluding carboxylic acids is 2. The van der Waals surface area contributed by atoms with Crippen LogP contribution in [0.5, 0.6) is 0 Å². The second kappa shape index (κ2) is 10.1. The quantitative estimate of drug-likeness (QED) is 0.231. The Kier molecular flexibility index (Phi) is 7.21. The average Bonchev–Trinajstić information content (AvgIpc) is 3.09. The van der Waals surface area contributed by atoms with Crippen LogP contribution in [-0.2, 0) is 15.3 Å². The molecule has 0 saturated carbocycles. The molecule has 0 radical (unpaired) electrons. The Morgan fingerprint density at radius 3 is 2.69 bits per heavy atom. The summed E-state index contributed by atoms with van der Waals surface area (Å²) in [6, 6.07) is 7.50. The van der Waals surface area contributed by atoms with Crippen LogP contribution >= 0.6 is 11.8 Å². The number of amides is 1. The smallest absolute Gasteiger partial charge is 0.341 e. The summed E-state index contributed by atoms with van der Waals surface area (Å²) < 4.78 is 10.3. The van der Waals surface area contributed by atoms with Gasteiger partial charge in [-0.2, -0.15) is 0 Å². The highest BCUT2D eigenvalue weighted by Gasteiger charge is 2.19. The second-order valence-corrected chi connectivity index (χ2v) is 7.74. The van der Waals surface area contributed by atoms with Crippen molar-refractivity contribution in [3.63, 3.8) is 0 Å². The van der Waals surface area contributed by atoms with Crippen molar-refractivity contribution in [2.45, 2.75) is 31.6 Å². The van der Waals surface area contributed by atoms with Crippen molar-refractivity contribution in [3.8, 4) is 0 Å². The van der Waals surface area contributed by atoms with E-state index in [0.717, 1.165) is 11.3 Å². The summed E-state index contributed by atoms with van der Waals surface area (Å²) in [5, 5.41) is 17.9. The van der Waals surface area contributed by atoms with Gasteiger partial charge in [0.25, 0.3) is 11.6 Å². The number of ether oxygens (including phenoxy) is 1. The van der Waals surface area contributed by atoms with Gasteiger partial charge in [0, 0.05) is 23.6 Å². The number of hydrogen-bond donors (Lipinski definition) is 1. The summed E-state index contributed by atoms with van der Waals surface area (Å²) in [5.41, 5.74) is 2.38. The number of thioether (sulfide) groups is 1. The molecule has 0 fully saturated rings. The van der Waals surface area contributed by atoms with Crippen molar-refractivity contribution in [2.24, 2.45) is 0 Å². The van der Waals surface area contributed by atoms with Crippen molar-refractivity contribution in [2.75, 3.05) is 11.9 Å². The number of nitrogens with one attached hydrogen (secondary N) is 1. The summed E-state index contributed by atoms with van der Waals surface area (Å²) in [6.07, 6.45) is 1.56. The molecule has 32 heavy (non-hydrogen) atoms. The van der Waals surface area contributed by atoms with Crippen molar-refractivity contribution >= 4 is 35.0 Å². The maximum atomic E-state index is 12.6. The lowest BCUT2D eigenvalue weighted by Gasteiger charge is -2.10. The standard InChI is InChI=1S/C21H20N4O6S/c1-12-17(7-4-8-18(12)25(28)29)23-19(26)10-30-21(27)15-6-5-9-22-20(15)32-11-16-13(2)24-31-14(16)3/h4-9H,10-11H2,1-3H3,(H,23,26). The highest BCUT2D eigenvalue weighted by atomic mass is 32.2. The normalized spacial score (nSPS) is 10.6. The highest BCUT2D eigenvalue weighted by molar-refractivity contribution is 7.98. The molecular formula is C21H20N4O6S. The number of benzene rings is 1. The van der Waals surface area contributed by atoms with Gasteiger partial charge >= 0.3 is 5.97 Å². The lowest BCUT2D eigenvalue weighted by molar-refractivity contribution is -0.385. The van der Waals surface area contributed by atoms with Gasteiger partial charge in [-0.15, -0.1) is 11.8 Å². The Labute approximate surface area is 187 Å². The Balaban J connectivity index is 1.62. The number of hydrogen-bond acceptors (Lipinski definition) is 9. The molecule has 11 heteroatoms. The molecule has 0 unspecified atom stereocenters. The molecule has 0 aliphatic carbocycles. The predicted octanol–water partition coefficient (Wildman–Crippen LogP) is 3.99. The summed E-state index contributed by atoms with van der Waals surface area (Å²) >= 11 is 1.33. The lowest BCUT2D eigenvalue weighted by atomic mass is 10.1. The summed E-state index contributed by atoms with van der Waals surface area (Å²) in [6.45, 7) is 4.62. The van der Waals surface area contributed by atoms with Crippen molar-refractivity contribution in [3.05, 3.63) is 74.8 Å². The van der Waals surface area contributed by atoms with Gasteiger partial charge in [0.15, 0.2) is 6.61 Å². The van der Waals surface area contributed by atoms with Gasteiger partial charge in [-0.05, 0) is 39.0 Å². The number of esters is 1. The largest absolute Gasteiger partial charge is 0.452 e. The van der Waals surface area contributed by atoms with Gasteiger partial charge in [-0.1, -0.05) is 11.2 Å². The number of anilines is 1. The Morgan fingerprint density at radius 1 is 1.22 bits per heavy atom. The predicted molar refractivity (Wildman–Crippen MR) is 117 cm³/mol. The Hall–Kier alpha value is -3.73. The van der Waals surface area contributed by atoms with Gasteiger partial charge in [0.1, 0.15) is 10.8 Å². The zero-order valence-electron chi connectivity index (χ0n) is 17.6. The number of aryl methyl sites for hydroxylation is 2. The minimum Gasteiger partial charge on any atom is -0.452 e. The van der Waals surface area contributed by atoms with Crippen molar-refractivity contribution < 1.29 is 23.8 Å². The number of nitro benzene ring substituents is 1. The van der Waals surface area contributed by atoms with Crippen LogP contribution in [0.1, 0.15) is 32.9 Å². The Morgan fingerprint density at radius 2 is 2.00 bits per heavy atom. The van der Waals surface area contributed by atoms with Crippen LogP contribution in [0, 0.1) is 30.9 Å². The number of nitrogens with zero attached hydrogens (tertiary/aromatic N) is 3. The van der Waals surface area contributed by atoms with Crippen LogP contribution < -0.4 is 5.32 Å². The first-order valence-corrected chi connectivity index (χ1v) is 10.5. The fraction of sp³-hybridized carbons (Fsp3) is 0.238. The molecule has 10 nitrogen and oxygen atoms in total. The van der Waals surface area contributed by atoms with Crippen LogP contribution in [0.25, 0.3) is 0 Å². The molecule has 2 aromatic heterocycles. The van der Waals surface area contributed by atoms with E-state index >= 15 is 0 Å². The van der Waals surface area contributed by atoms with E-state index in [-0.39, 0.29) is 16.9 Å². The van der Waals surface area contributed by atoms with Crippen molar-refractivity contribution in [1.29, 1.82) is 0 Å². The van der Waals surface area contributed by atoms with Crippen LogP contribution in [0.4, 0.5) is 11.4 Å². The summed E-state index contributed by atoms with van der Waals surface area (Å²) in [4.78, 5) is 39.5. The number of nitro groups is 1. The van der Waals surface area contributed by atoms with E-state index in [4.69, 9.17) is 9.26 Å². The maximum Gasteiger partial charge on any atom is 0.341 e. The fourth-order valence-corrected chi connectivity index (χ4v) is 4.00. The molecule has 3 aromatic rings. The van der Waals surface area contributed by atoms with Crippen molar-refractivity contribution in [1.82, 2.24) is 10.1 Å². The van der Waals surface area contributed by atoms with E-state index in [2.05, 4.69) is 15.5 Å². The SMILES string of the molecule is Cc1noc(C)c1CSc1ncccc1C(=O)OCC(=O)Nc1cccc([N+](=O)[O-])c1C. The van der Waals surface area contributed by atoms with E-state index in [1.165, 1.54) is 36.9 Å². The summed E-state index contributed by atoms with van der Waals surface area (Å²) in [7, 11) is 0. The highest BCUT2D eigenvalue weighted by Crippen LogP contribution is 2.28. The van der Waals surface area contributed by atoms with E-state index in [1.54, 1.807) is 18.3 Å². The molecule has 1 aromatic carbocycles. The Bertz CT molecular complexity index is 1160. The molecule has 2 heterocycles. The van der Waals surface area contributed by atoms with E-state index in [1.807, 2.05) is 13.8 Å². The molecule has 1 amide bonds. The third kappa shape index (κ3) is 5.30. The minimum atomic E-state index is -0.703. The third-order valence-corrected chi connectivity index (χ3v) is 5.67. The number of rotatable bonds is 8. The molecule has 0 aliphatic rings. The van der Waals surface area contributed by atoms with E-state index in [0.29, 0.717) is 22.1 Å². The van der Waals surface area contributed by atoms with Gasteiger partial charge in [0.05, 0.1) is 27.4 Å². The number of carbonyl (C=O) groups is 2. The van der Waals surface area contributed by atoms with Gasteiger partial charge < -0.3 is 14.6 Å². The maximum absolute atomic E-state index is 12.6. The molecule has 0 aliphatic heterocycles. The first-order chi connectivity index (χ1) is 15.3. The summed E-state index contributed by atoms with van der Waals surface area (Å²) in [5.74, 6) is -0.116. The van der Waals surface area contributed by atoms with Gasteiger partial charge in [-0.25, -0.2) is 9.78 Å². The monoisotopic (exact) mass is 456 g/mol. The molecule has 0 spiro atoms. The zero-order chi connectivity index (χ0) is 23.3. The fourth-order valence-electron chi connectivity index (χ4n) is 2.86. The average molecular weight is 456 g/mol. The number of aromatic nitrogens is 2. The molecule has 0 atom stereocenters. The zero-order valence-corrected chi connectivity index (χ0v) is 18.4. The van der Waals surface area contributed by atoms with Crippen LogP contribution in [-0.4, -0.2) is 33.5 Å². The van der Waals surface area contributed by atoms with E-state index in [9.17, 15) is 19.7 Å². The number of pyridine rings is 1. The molecule has 0 bridgehead atoms. The van der Waals surface area contributed by atoms with Gasteiger partial charge in [0.2, 0.25) is 0 Å². The van der Waals surface area contributed by atoms with E-state index < -0.39 is 23.4 Å². The molecular weight excluding hydrogens is 436 g/mol. The van der Waals surface area contributed by atoms with Crippen LogP contribution in [0.15, 0.2) is 46.1 Å². The molecule has 1 N–H and O–H groups in total. The van der Waals surface area contributed by atoms with Crippen LogP contribution in [0.3, 0.4) is 0 Å². The third-order valence-electron chi connectivity index (χ3n) is 4.64.